The van der Waals surface area contributed by atoms with Crippen LogP contribution in [0.2, 0.25) is 0 Å². The molecule has 14 heavy (non-hydrogen) atoms. The van der Waals surface area contributed by atoms with E-state index in [9.17, 15) is 0 Å². The first-order valence-electron chi connectivity index (χ1n) is 5.97. The van der Waals surface area contributed by atoms with Gasteiger partial charge in [0.2, 0.25) is 0 Å². The lowest BCUT2D eigenvalue weighted by molar-refractivity contribution is 0.523. The summed E-state index contributed by atoms with van der Waals surface area (Å²) in [6, 6.07) is 0. The molecular weight excluding hydrogens is 208 g/mol. The van der Waals surface area contributed by atoms with E-state index in [1.54, 1.807) is 9.81 Å². The zero-order chi connectivity index (χ0) is 9.38. The van der Waals surface area contributed by atoms with Crippen LogP contribution in [0.3, 0.4) is 0 Å². The first-order chi connectivity index (χ1) is 6.92. The van der Waals surface area contributed by atoms with E-state index in [4.69, 9.17) is 0 Å². The summed E-state index contributed by atoms with van der Waals surface area (Å²) in [5.41, 5.74) is 0. The minimum Gasteiger partial charge on any atom is -0.126 e. The van der Waals surface area contributed by atoms with E-state index < -0.39 is 0 Å². The SMILES string of the molecule is C1CC(SC2CCC2)=C(SC2CC2)C1. The van der Waals surface area contributed by atoms with Crippen LogP contribution in [0.25, 0.3) is 0 Å². The summed E-state index contributed by atoms with van der Waals surface area (Å²) in [4.78, 5) is 3.57. The summed E-state index contributed by atoms with van der Waals surface area (Å²) in [7, 11) is 0. The van der Waals surface area contributed by atoms with Crippen LogP contribution in [0.1, 0.15) is 51.4 Å². The Bertz CT molecular complexity index is 249. The molecule has 3 rings (SSSR count). The molecule has 0 aromatic rings. The van der Waals surface area contributed by atoms with Crippen molar-refractivity contribution in [2.75, 3.05) is 0 Å². The van der Waals surface area contributed by atoms with Gasteiger partial charge in [0.25, 0.3) is 0 Å². The molecule has 0 aromatic heterocycles. The van der Waals surface area contributed by atoms with Gasteiger partial charge >= 0.3 is 0 Å². The standard InChI is InChI=1S/C12H18S2/c1-3-9(4-1)13-11-5-2-6-12(11)14-10-7-8-10/h9-10H,1-8H2. The second-order valence-corrected chi connectivity index (χ2v) is 7.48. The summed E-state index contributed by atoms with van der Waals surface area (Å²) < 4.78 is 0. The largest absolute Gasteiger partial charge is 0.126 e. The highest BCUT2D eigenvalue weighted by molar-refractivity contribution is 8.07. The molecule has 0 heterocycles. The normalized spacial score (nSPS) is 28.3. The molecule has 0 aliphatic heterocycles. The van der Waals surface area contributed by atoms with Gasteiger partial charge in [-0.15, -0.1) is 23.5 Å². The Hall–Kier alpha value is 0.440. The van der Waals surface area contributed by atoms with Crippen molar-refractivity contribution in [1.82, 2.24) is 0 Å². The third kappa shape index (κ3) is 2.16. The number of hydrogen-bond donors (Lipinski definition) is 0. The Balaban J connectivity index is 1.60. The molecule has 3 aliphatic rings. The van der Waals surface area contributed by atoms with Crippen molar-refractivity contribution >= 4 is 23.5 Å². The number of thioether (sulfide) groups is 2. The summed E-state index contributed by atoms with van der Waals surface area (Å²) in [5, 5.41) is 2.01. The molecule has 2 fully saturated rings. The fraction of sp³-hybridized carbons (Fsp3) is 0.833. The van der Waals surface area contributed by atoms with Crippen molar-refractivity contribution in [3.05, 3.63) is 9.81 Å². The van der Waals surface area contributed by atoms with E-state index in [1.807, 2.05) is 0 Å². The Labute approximate surface area is 95.3 Å². The van der Waals surface area contributed by atoms with Crippen molar-refractivity contribution < 1.29 is 0 Å². The van der Waals surface area contributed by atoms with Crippen molar-refractivity contribution in [1.29, 1.82) is 0 Å². The Morgan fingerprint density at radius 1 is 0.714 bits per heavy atom. The molecule has 0 bridgehead atoms. The lowest BCUT2D eigenvalue weighted by Crippen LogP contribution is -2.12. The van der Waals surface area contributed by atoms with E-state index in [0.29, 0.717) is 0 Å². The van der Waals surface area contributed by atoms with Gasteiger partial charge in [-0.25, -0.2) is 0 Å². The van der Waals surface area contributed by atoms with Gasteiger partial charge in [-0.05, 0) is 54.8 Å². The van der Waals surface area contributed by atoms with E-state index in [2.05, 4.69) is 23.5 Å². The zero-order valence-corrected chi connectivity index (χ0v) is 10.3. The molecule has 0 spiro atoms. The quantitative estimate of drug-likeness (QED) is 0.689. The van der Waals surface area contributed by atoms with E-state index in [-0.39, 0.29) is 0 Å². The Kier molecular flexibility index (Phi) is 2.85. The molecule has 0 radical (unpaired) electrons. The van der Waals surface area contributed by atoms with Crippen LogP contribution < -0.4 is 0 Å². The number of rotatable bonds is 4. The molecule has 0 aromatic carbocycles. The lowest BCUT2D eigenvalue weighted by Gasteiger charge is -2.25. The maximum Gasteiger partial charge on any atom is 0.00922 e. The van der Waals surface area contributed by atoms with E-state index in [0.717, 1.165) is 10.5 Å². The second-order valence-electron chi connectivity index (χ2n) is 4.69. The second kappa shape index (κ2) is 4.13. The van der Waals surface area contributed by atoms with Crippen LogP contribution in [-0.4, -0.2) is 10.5 Å². The molecule has 0 N–H and O–H groups in total. The topological polar surface area (TPSA) is 0 Å². The number of hydrogen-bond acceptors (Lipinski definition) is 2. The minimum absolute atomic E-state index is 0.998. The summed E-state index contributed by atoms with van der Waals surface area (Å²) in [6.07, 6.45) is 11.6. The van der Waals surface area contributed by atoms with Crippen molar-refractivity contribution in [2.24, 2.45) is 0 Å². The molecular formula is C12H18S2. The average Bonchev–Trinajstić information content (AvgIpc) is 2.79. The monoisotopic (exact) mass is 226 g/mol. The maximum absolute atomic E-state index is 2.23. The molecule has 2 saturated carbocycles. The van der Waals surface area contributed by atoms with Gasteiger partial charge in [0.05, 0.1) is 0 Å². The Morgan fingerprint density at radius 3 is 1.71 bits per heavy atom. The lowest BCUT2D eigenvalue weighted by atomic mass is 10.0. The van der Waals surface area contributed by atoms with Crippen LogP contribution in [0.4, 0.5) is 0 Å². The van der Waals surface area contributed by atoms with Crippen molar-refractivity contribution in [2.45, 2.75) is 61.9 Å². The predicted molar refractivity (Wildman–Crippen MR) is 66.7 cm³/mol. The molecule has 3 aliphatic carbocycles. The summed E-state index contributed by atoms with van der Waals surface area (Å²) in [6.45, 7) is 0. The van der Waals surface area contributed by atoms with E-state index >= 15 is 0 Å². The summed E-state index contributed by atoms with van der Waals surface area (Å²) >= 11 is 4.45. The minimum atomic E-state index is 0.998. The van der Waals surface area contributed by atoms with Gasteiger partial charge in [-0.3, -0.25) is 0 Å². The molecule has 78 valence electrons. The van der Waals surface area contributed by atoms with Crippen molar-refractivity contribution in [3.63, 3.8) is 0 Å². The van der Waals surface area contributed by atoms with Crippen LogP contribution in [0.15, 0.2) is 9.81 Å². The molecule has 0 amide bonds. The van der Waals surface area contributed by atoms with Crippen molar-refractivity contribution in [3.8, 4) is 0 Å². The van der Waals surface area contributed by atoms with Gasteiger partial charge in [-0.2, -0.15) is 0 Å². The average molecular weight is 226 g/mol. The fourth-order valence-corrected chi connectivity index (χ4v) is 5.04. The van der Waals surface area contributed by atoms with Crippen LogP contribution in [0.5, 0.6) is 0 Å². The molecule has 0 saturated heterocycles. The highest BCUT2D eigenvalue weighted by Gasteiger charge is 2.28. The first-order valence-corrected chi connectivity index (χ1v) is 7.73. The zero-order valence-electron chi connectivity index (χ0n) is 8.63. The van der Waals surface area contributed by atoms with Gasteiger partial charge in [0, 0.05) is 10.5 Å². The highest BCUT2D eigenvalue weighted by Crippen LogP contribution is 2.50. The molecule has 0 unspecified atom stereocenters. The molecule has 2 heteroatoms. The van der Waals surface area contributed by atoms with Crippen LogP contribution in [-0.2, 0) is 0 Å². The first kappa shape index (κ1) is 9.65. The Morgan fingerprint density at radius 2 is 1.29 bits per heavy atom. The third-order valence-corrected chi connectivity index (χ3v) is 6.52. The fourth-order valence-electron chi connectivity index (χ4n) is 2.01. The maximum atomic E-state index is 2.23. The van der Waals surface area contributed by atoms with Gasteiger partial charge < -0.3 is 0 Å². The summed E-state index contributed by atoms with van der Waals surface area (Å²) in [5.74, 6) is 0. The highest BCUT2D eigenvalue weighted by atomic mass is 32.2. The van der Waals surface area contributed by atoms with Crippen LogP contribution in [0, 0.1) is 0 Å². The number of allylic oxidation sites excluding steroid dienone is 2. The van der Waals surface area contributed by atoms with Crippen LogP contribution >= 0.6 is 23.5 Å². The third-order valence-electron chi connectivity index (χ3n) is 3.31. The molecule has 0 atom stereocenters. The molecule has 0 nitrogen and oxygen atoms in total. The smallest absolute Gasteiger partial charge is 0.00922 e. The van der Waals surface area contributed by atoms with Gasteiger partial charge in [0.1, 0.15) is 0 Å². The predicted octanol–water partition coefficient (Wildman–Crippen LogP) is 4.56. The van der Waals surface area contributed by atoms with E-state index in [1.165, 1.54) is 51.4 Å². The van der Waals surface area contributed by atoms with Gasteiger partial charge in [0.15, 0.2) is 0 Å². The van der Waals surface area contributed by atoms with Gasteiger partial charge in [-0.1, -0.05) is 6.42 Å².